The summed E-state index contributed by atoms with van der Waals surface area (Å²) in [7, 11) is 1.21. The number of amides is 1. The molecule has 0 unspecified atom stereocenters. The van der Waals surface area contributed by atoms with Crippen molar-refractivity contribution < 1.29 is 24.0 Å². The smallest absolute Gasteiger partial charge is 0.427 e. The molecule has 0 aliphatic carbocycles. The van der Waals surface area contributed by atoms with E-state index < -0.39 is 17.0 Å². The van der Waals surface area contributed by atoms with Crippen molar-refractivity contribution in [2.24, 2.45) is 5.10 Å². The molecule has 25 heavy (non-hydrogen) atoms. The first-order chi connectivity index (χ1) is 12.0. The summed E-state index contributed by atoms with van der Waals surface area (Å²) in [6.45, 7) is 0. The number of ether oxygens (including phenoxy) is 2. The van der Waals surface area contributed by atoms with Gasteiger partial charge >= 0.3 is 12.1 Å². The Morgan fingerprint density at radius 3 is 2.68 bits per heavy atom. The van der Waals surface area contributed by atoms with Crippen LogP contribution in [0.15, 0.2) is 53.6 Å². The fourth-order valence-electron chi connectivity index (χ4n) is 1.78. The largest absolute Gasteiger partial charge is 0.452 e. The third kappa shape index (κ3) is 5.13. The number of carbonyl (C=O) groups excluding carboxylic acids is 2. The van der Waals surface area contributed by atoms with Crippen LogP contribution in [0.1, 0.15) is 15.9 Å². The molecule has 2 rings (SSSR count). The van der Waals surface area contributed by atoms with E-state index in [4.69, 9.17) is 4.74 Å². The highest BCUT2D eigenvalue weighted by molar-refractivity contribution is 5.92. The van der Waals surface area contributed by atoms with Gasteiger partial charge in [0, 0.05) is 12.1 Å². The number of methoxy groups -OCH3 is 1. The summed E-state index contributed by atoms with van der Waals surface area (Å²) in [5, 5.41) is 14.4. The molecule has 0 aliphatic heterocycles. The highest BCUT2D eigenvalue weighted by Gasteiger charge is 2.13. The number of carbonyl (C=O) groups is 2. The quantitative estimate of drug-likeness (QED) is 0.293. The number of nitrogens with zero attached hydrogens (tertiary/aromatic N) is 2. The van der Waals surface area contributed by atoms with Crippen molar-refractivity contribution in [1.82, 2.24) is 5.43 Å². The number of nitro groups is 1. The molecule has 1 amide bonds. The first kappa shape index (κ1) is 17.6. The second kappa shape index (κ2) is 8.20. The molecule has 0 spiro atoms. The highest BCUT2D eigenvalue weighted by atomic mass is 16.6. The SMILES string of the molecule is COC(=O)NN=Cc1cccc(OC(=O)c2cccc([N+](=O)[O-])c2)c1. The fraction of sp³-hybridized carbons (Fsp3) is 0.0625. The Labute approximate surface area is 142 Å². The molecule has 0 aromatic heterocycles. The van der Waals surface area contributed by atoms with Crippen molar-refractivity contribution in [1.29, 1.82) is 0 Å². The number of hydrogen-bond donors (Lipinski definition) is 1. The minimum absolute atomic E-state index is 0.0561. The van der Waals surface area contributed by atoms with Gasteiger partial charge in [-0.25, -0.2) is 15.0 Å². The average molecular weight is 343 g/mol. The Morgan fingerprint density at radius 1 is 1.20 bits per heavy atom. The Kier molecular flexibility index (Phi) is 5.77. The monoisotopic (exact) mass is 343 g/mol. The van der Waals surface area contributed by atoms with Crippen molar-refractivity contribution in [2.45, 2.75) is 0 Å². The molecule has 0 fully saturated rings. The summed E-state index contributed by atoms with van der Waals surface area (Å²) in [6, 6.07) is 11.6. The predicted molar refractivity (Wildman–Crippen MR) is 87.6 cm³/mol. The maximum Gasteiger partial charge on any atom is 0.427 e. The lowest BCUT2D eigenvalue weighted by Gasteiger charge is -2.05. The summed E-state index contributed by atoms with van der Waals surface area (Å²) in [6.07, 6.45) is 0.617. The van der Waals surface area contributed by atoms with Crippen molar-refractivity contribution in [2.75, 3.05) is 7.11 Å². The van der Waals surface area contributed by atoms with Gasteiger partial charge in [0.05, 0.1) is 23.8 Å². The topological polar surface area (TPSA) is 120 Å². The van der Waals surface area contributed by atoms with Gasteiger partial charge in [0.1, 0.15) is 5.75 Å². The number of nitrogens with one attached hydrogen (secondary N) is 1. The number of benzene rings is 2. The summed E-state index contributed by atoms with van der Waals surface area (Å²) < 4.78 is 9.55. The lowest BCUT2D eigenvalue weighted by Crippen LogP contribution is -2.16. The van der Waals surface area contributed by atoms with Gasteiger partial charge in [0.25, 0.3) is 5.69 Å². The molecule has 2 aromatic carbocycles. The summed E-state index contributed by atoms with van der Waals surface area (Å²) in [5.41, 5.74) is 2.53. The van der Waals surface area contributed by atoms with Gasteiger partial charge in [-0.15, -0.1) is 0 Å². The molecule has 2 aromatic rings. The Hall–Kier alpha value is -3.75. The van der Waals surface area contributed by atoms with E-state index in [1.54, 1.807) is 18.2 Å². The second-order valence-corrected chi connectivity index (χ2v) is 4.63. The summed E-state index contributed by atoms with van der Waals surface area (Å²) >= 11 is 0. The van der Waals surface area contributed by atoms with Crippen molar-refractivity contribution in [3.05, 3.63) is 69.8 Å². The number of hydrazone groups is 1. The highest BCUT2D eigenvalue weighted by Crippen LogP contribution is 2.17. The molecule has 0 radical (unpaired) electrons. The van der Waals surface area contributed by atoms with E-state index >= 15 is 0 Å². The Bertz CT molecular complexity index is 834. The van der Waals surface area contributed by atoms with Gasteiger partial charge in [-0.1, -0.05) is 18.2 Å². The zero-order valence-corrected chi connectivity index (χ0v) is 13.0. The zero-order chi connectivity index (χ0) is 18.2. The normalized spacial score (nSPS) is 10.3. The maximum absolute atomic E-state index is 12.1. The van der Waals surface area contributed by atoms with E-state index in [-0.39, 0.29) is 17.0 Å². The molecule has 0 saturated heterocycles. The minimum atomic E-state index is -0.731. The maximum atomic E-state index is 12.1. The standard InChI is InChI=1S/C16H13N3O6/c1-24-16(21)18-17-10-11-4-2-7-14(8-11)25-15(20)12-5-3-6-13(9-12)19(22)23/h2-10H,1H3,(H,18,21). The molecule has 0 aliphatic rings. The molecule has 0 saturated carbocycles. The molecular formula is C16H13N3O6. The molecule has 1 N–H and O–H groups in total. The first-order valence-corrected chi connectivity index (χ1v) is 6.93. The second-order valence-electron chi connectivity index (χ2n) is 4.63. The van der Waals surface area contributed by atoms with E-state index in [1.807, 2.05) is 0 Å². The van der Waals surface area contributed by atoms with Gasteiger partial charge in [0.15, 0.2) is 0 Å². The van der Waals surface area contributed by atoms with Crippen LogP contribution in [0.3, 0.4) is 0 Å². The zero-order valence-electron chi connectivity index (χ0n) is 13.0. The van der Waals surface area contributed by atoms with Crippen LogP contribution in [-0.4, -0.2) is 30.3 Å². The lowest BCUT2D eigenvalue weighted by molar-refractivity contribution is -0.384. The number of esters is 1. The summed E-state index contributed by atoms with van der Waals surface area (Å²) in [4.78, 5) is 33.1. The van der Waals surface area contributed by atoms with Crippen molar-refractivity contribution in [3.63, 3.8) is 0 Å². The van der Waals surface area contributed by atoms with E-state index in [9.17, 15) is 19.7 Å². The van der Waals surface area contributed by atoms with Crippen LogP contribution in [0.25, 0.3) is 0 Å². The van der Waals surface area contributed by atoms with Crippen LogP contribution in [-0.2, 0) is 4.74 Å². The van der Waals surface area contributed by atoms with Gasteiger partial charge in [0.2, 0.25) is 0 Å². The van der Waals surface area contributed by atoms with E-state index in [0.717, 1.165) is 6.07 Å². The first-order valence-electron chi connectivity index (χ1n) is 6.93. The molecule has 0 bridgehead atoms. The predicted octanol–water partition coefficient (Wildman–Crippen LogP) is 2.50. The van der Waals surface area contributed by atoms with Crippen LogP contribution in [0.4, 0.5) is 10.5 Å². The van der Waals surface area contributed by atoms with E-state index in [2.05, 4.69) is 15.3 Å². The molecule has 128 valence electrons. The van der Waals surface area contributed by atoms with Crippen LogP contribution in [0.2, 0.25) is 0 Å². The average Bonchev–Trinajstić information content (AvgIpc) is 2.62. The van der Waals surface area contributed by atoms with Crippen molar-refractivity contribution in [3.8, 4) is 5.75 Å². The number of hydrogen-bond acceptors (Lipinski definition) is 7. The van der Waals surface area contributed by atoms with Crippen LogP contribution >= 0.6 is 0 Å². The molecule has 9 nitrogen and oxygen atoms in total. The van der Waals surface area contributed by atoms with Crippen LogP contribution in [0, 0.1) is 10.1 Å². The Balaban J connectivity index is 2.08. The minimum Gasteiger partial charge on any atom is -0.452 e. The van der Waals surface area contributed by atoms with Gasteiger partial charge in [-0.3, -0.25) is 10.1 Å². The number of rotatable bonds is 5. The summed E-state index contributed by atoms with van der Waals surface area (Å²) in [5.74, 6) is -0.510. The third-order valence-corrected chi connectivity index (χ3v) is 2.92. The van der Waals surface area contributed by atoms with Crippen LogP contribution < -0.4 is 10.2 Å². The molecular weight excluding hydrogens is 330 g/mol. The molecule has 0 heterocycles. The third-order valence-electron chi connectivity index (χ3n) is 2.92. The number of non-ortho nitro benzene ring substituents is 1. The van der Waals surface area contributed by atoms with E-state index in [1.165, 1.54) is 37.6 Å². The Morgan fingerprint density at radius 2 is 1.96 bits per heavy atom. The van der Waals surface area contributed by atoms with Crippen molar-refractivity contribution >= 4 is 24.0 Å². The number of nitro benzene ring substituents is 1. The van der Waals surface area contributed by atoms with E-state index in [0.29, 0.717) is 5.56 Å². The van der Waals surface area contributed by atoms with Gasteiger partial charge in [-0.05, 0) is 23.8 Å². The molecule has 0 atom stereocenters. The molecule has 9 heteroatoms. The lowest BCUT2D eigenvalue weighted by atomic mass is 10.2. The van der Waals surface area contributed by atoms with Crippen LogP contribution in [0.5, 0.6) is 5.75 Å². The fourth-order valence-corrected chi connectivity index (χ4v) is 1.78. The van der Waals surface area contributed by atoms with Gasteiger partial charge < -0.3 is 9.47 Å². The van der Waals surface area contributed by atoms with Gasteiger partial charge in [-0.2, -0.15) is 5.10 Å².